The first-order valence-corrected chi connectivity index (χ1v) is 8.31. The molecule has 23 heavy (non-hydrogen) atoms. The molecule has 0 unspecified atom stereocenters. The molecule has 4 rings (SSSR count). The van der Waals surface area contributed by atoms with Crippen molar-refractivity contribution in [2.24, 2.45) is 0 Å². The van der Waals surface area contributed by atoms with Gasteiger partial charge in [0.2, 0.25) is 0 Å². The fourth-order valence-corrected chi connectivity index (χ4v) is 3.51. The molecule has 1 saturated heterocycles. The summed E-state index contributed by atoms with van der Waals surface area (Å²) >= 11 is 1.51. The molecule has 0 spiro atoms. The average molecular weight is 330 g/mol. The van der Waals surface area contributed by atoms with Gasteiger partial charge in [0.15, 0.2) is 4.96 Å². The minimum Gasteiger partial charge on any atom is -0.368 e. The second kappa shape index (κ2) is 5.66. The van der Waals surface area contributed by atoms with Crippen molar-refractivity contribution in [3.05, 3.63) is 53.6 Å². The lowest BCUT2D eigenvalue weighted by atomic mass is 10.2. The van der Waals surface area contributed by atoms with Crippen molar-refractivity contribution in [3.63, 3.8) is 0 Å². The number of benzene rings is 1. The molecule has 0 atom stereocenters. The molecule has 3 aromatic rings. The van der Waals surface area contributed by atoms with Crippen LogP contribution >= 0.6 is 11.3 Å². The lowest BCUT2D eigenvalue weighted by Gasteiger charge is -2.35. The van der Waals surface area contributed by atoms with E-state index < -0.39 is 0 Å². The van der Waals surface area contributed by atoms with Gasteiger partial charge in [-0.25, -0.2) is 9.37 Å². The standard InChI is InChI=1S/C16H15FN4OS/c17-12-1-3-13(4-2-12)19-5-7-20(8-6-19)15(22)14-11-21-9-10-23-16(21)18-14/h1-4,9-11H,5-8H2. The molecule has 118 valence electrons. The van der Waals surface area contributed by atoms with Gasteiger partial charge in [-0.1, -0.05) is 0 Å². The molecule has 1 aliphatic heterocycles. The predicted molar refractivity (Wildman–Crippen MR) is 87.6 cm³/mol. The Labute approximate surface area is 136 Å². The molecule has 3 heterocycles. The van der Waals surface area contributed by atoms with Gasteiger partial charge in [-0.15, -0.1) is 11.3 Å². The smallest absolute Gasteiger partial charge is 0.274 e. The molecule has 2 aromatic heterocycles. The van der Waals surface area contributed by atoms with Crippen LogP contribution in [-0.2, 0) is 0 Å². The first-order valence-electron chi connectivity index (χ1n) is 7.43. The second-order valence-electron chi connectivity index (χ2n) is 5.47. The first-order chi connectivity index (χ1) is 11.2. The normalized spacial score (nSPS) is 15.3. The van der Waals surface area contributed by atoms with E-state index in [0.717, 1.165) is 23.7 Å². The van der Waals surface area contributed by atoms with Crippen LogP contribution in [-0.4, -0.2) is 46.4 Å². The number of aromatic nitrogens is 2. The molecule has 0 radical (unpaired) electrons. The quantitative estimate of drug-likeness (QED) is 0.725. The van der Waals surface area contributed by atoms with Crippen LogP contribution in [0, 0.1) is 5.82 Å². The summed E-state index contributed by atoms with van der Waals surface area (Å²) in [5.41, 5.74) is 1.48. The Morgan fingerprint density at radius 2 is 1.87 bits per heavy atom. The monoisotopic (exact) mass is 330 g/mol. The third kappa shape index (κ3) is 2.68. The van der Waals surface area contributed by atoms with Gasteiger partial charge in [0, 0.05) is 49.6 Å². The van der Waals surface area contributed by atoms with Gasteiger partial charge < -0.3 is 9.80 Å². The highest BCUT2D eigenvalue weighted by atomic mass is 32.1. The van der Waals surface area contributed by atoms with Crippen LogP contribution in [0.1, 0.15) is 10.5 Å². The zero-order valence-corrected chi connectivity index (χ0v) is 13.2. The molecule has 0 saturated carbocycles. The number of thiazole rings is 1. The predicted octanol–water partition coefficient (Wildman–Crippen LogP) is 2.50. The zero-order chi connectivity index (χ0) is 15.8. The van der Waals surface area contributed by atoms with Gasteiger partial charge >= 0.3 is 0 Å². The topological polar surface area (TPSA) is 40.9 Å². The second-order valence-corrected chi connectivity index (χ2v) is 6.35. The maximum atomic E-state index is 13.0. The number of fused-ring (bicyclic) bond motifs is 1. The SMILES string of the molecule is O=C(c1cn2ccsc2n1)N1CCN(c2ccc(F)cc2)CC1. The highest BCUT2D eigenvalue weighted by Crippen LogP contribution is 2.18. The molecule has 0 aliphatic carbocycles. The summed E-state index contributed by atoms with van der Waals surface area (Å²) in [7, 11) is 0. The Balaban J connectivity index is 1.43. The van der Waals surface area contributed by atoms with Gasteiger partial charge in [-0.3, -0.25) is 9.20 Å². The Morgan fingerprint density at radius 3 is 2.57 bits per heavy atom. The van der Waals surface area contributed by atoms with Crippen LogP contribution in [0.4, 0.5) is 10.1 Å². The van der Waals surface area contributed by atoms with Crippen molar-refractivity contribution in [3.8, 4) is 0 Å². The van der Waals surface area contributed by atoms with Crippen LogP contribution in [0.3, 0.4) is 0 Å². The number of nitrogens with zero attached hydrogens (tertiary/aromatic N) is 4. The number of carbonyl (C=O) groups excluding carboxylic acids is 1. The van der Waals surface area contributed by atoms with Crippen LogP contribution in [0.25, 0.3) is 4.96 Å². The summed E-state index contributed by atoms with van der Waals surface area (Å²) in [6, 6.07) is 6.47. The van der Waals surface area contributed by atoms with Crippen molar-refractivity contribution in [1.82, 2.24) is 14.3 Å². The number of anilines is 1. The minimum atomic E-state index is -0.234. The summed E-state index contributed by atoms with van der Waals surface area (Å²) in [5, 5.41) is 1.94. The zero-order valence-electron chi connectivity index (χ0n) is 12.4. The number of imidazole rings is 1. The third-order valence-electron chi connectivity index (χ3n) is 4.07. The molecular weight excluding hydrogens is 315 g/mol. The van der Waals surface area contributed by atoms with Crippen LogP contribution < -0.4 is 4.90 Å². The molecule has 1 fully saturated rings. The number of halogens is 1. The lowest BCUT2D eigenvalue weighted by molar-refractivity contribution is 0.0741. The summed E-state index contributed by atoms with van der Waals surface area (Å²) in [4.78, 5) is 21.7. The van der Waals surface area contributed by atoms with E-state index in [1.54, 1.807) is 18.3 Å². The summed E-state index contributed by atoms with van der Waals surface area (Å²) in [6.45, 7) is 2.75. The highest BCUT2D eigenvalue weighted by molar-refractivity contribution is 7.15. The van der Waals surface area contributed by atoms with Crippen LogP contribution in [0.15, 0.2) is 42.0 Å². The van der Waals surface area contributed by atoms with Crippen LogP contribution in [0.2, 0.25) is 0 Å². The van der Waals surface area contributed by atoms with E-state index in [2.05, 4.69) is 9.88 Å². The summed E-state index contributed by atoms with van der Waals surface area (Å²) in [6.07, 6.45) is 3.68. The molecular formula is C16H15FN4OS. The minimum absolute atomic E-state index is 0.0281. The average Bonchev–Trinajstić information content (AvgIpc) is 3.17. The maximum Gasteiger partial charge on any atom is 0.274 e. The number of carbonyl (C=O) groups is 1. The number of piperazine rings is 1. The fourth-order valence-electron chi connectivity index (χ4n) is 2.81. The Bertz CT molecular complexity index is 805. The maximum absolute atomic E-state index is 13.0. The Morgan fingerprint density at radius 1 is 1.13 bits per heavy atom. The van der Waals surface area contributed by atoms with Crippen molar-refractivity contribution in [2.75, 3.05) is 31.1 Å². The fraction of sp³-hybridized carbons (Fsp3) is 0.250. The van der Waals surface area contributed by atoms with E-state index in [1.807, 2.05) is 20.9 Å². The Hall–Kier alpha value is -2.41. The van der Waals surface area contributed by atoms with Crippen molar-refractivity contribution in [1.29, 1.82) is 0 Å². The molecule has 5 nitrogen and oxygen atoms in total. The molecule has 0 bridgehead atoms. The first kappa shape index (κ1) is 14.2. The van der Waals surface area contributed by atoms with Crippen molar-refractivity contribution < 1.29 is 9.18 Å². The molecule has 0 N–H and O–H groups in total. The van der Waals surface area contributed by atoms with Crippen molar-refractivity contribution in [2.45, 2.75) is 0 Å². The number of amides is 1. The molecule has 7 heteroatoms. The Kier molecular flexibility index (Phi) is 3.49. The van der Waals surface area contributed by atoms with Crippen LogP contribution in [0.5, 0.6) is 0 Å². The van der Waals surface area contributed by atoms with Gasteiger partial charge in [0.1, 0.15) is 11.5 Å². The molecule has 1 aromatic carbocycles. The van der Waals surface area contributed by atoms with Gasteiger partial charge in [0.05, 0.1) is 0 Å². The molecule has 1 amide bonds. The highest BCUT2D eigenvalue weighted by Gasteiger charge is 2.24. The lowest BCUT2D eigenvalue weighted by Crippen LogP contribution is -2.48. The van der Waals surface area contributed by atoms with Crippen molar-refractivity contribution >= 4 is 27.9 Å². The van der Waals surface area contributed by atoms with E-state index in [-0.39, 0.29) is 11.7 Å². The number of rotatable bonds is 2. The molecule has 1 aliphatic rings. The number of hydrogen-bond acceptors (Lipinski definition) is 4. The van der Waals surface area contributed by atoms with Gasteiger partial charge in [-0.05, 0) is 24.3 Å². The van der Waals surface area contributed by atoms with Gasteiger partial charge in [0.25, 0.3) is 5.91 Å². The summed E-state index contributed by atoms with van der Waals surface area (Å²) < 4.78 is 14.9. The van der Waals surface area contributed by atoms with E-state index in [9.17, 15) is 9.18 Å². The van der Waals surface area contributed by atoms with E-state index in [0.29, 0.717) is 18.8 Å². The summed E-state index contributed by atoms with van der Waals surface area (Å²) in [5.74, 6) is -0.262. The van der Waals surface area contributed by atoms with E-state index in [1.165, 1.54) is 23.5 Å². The van der Waals surface area contributed by atoms with E-state index in [4.69, 9.17) is 0 Å². The third-order valence-corrected chi connectivity index (χ3v) is 4.84. The van der Waals surface area contributed by atoms with Gasteiger partial charge in [-0.2, -0.15) is 0 Å². The van der Waals surface area contributed by atoms with E-state index >= 15 is 0 Å². The number of hydrogen-bond donors (Lipinski definition) is 0. The largest absolute Gasteiger partial charge is 0.368 e.